The first kappa shape index (κ1) is 9.93. The summed E-state index contributed by atoms with van der Waals surface area (Å²) >= 11 is 0. The third-order valence-corrected chi connectivity index (χ3v) is 3.13. The first-order chi connectivity index (χ1) is 6.70. The number of amides is 1. The second-order valence-corrected chi connectivity index (χ2v) is 4.34. The topological polar surface area (TPSA) is 55.6 Å². The number of carbonyl (C=O) groups is 1. The Morgan fingerprint density at radius 1 is 1.50 bits per heavy atom. The van der Waals surface area contributed by atoms with Gasteiger partial charge in [0, 0.05) is 25.6 Å². The van der Waals surface area contributed by atoms with Gasteiger partial charge in [-0.2, -0.15) is 0 Å². The predicted molar refractivity (Wildman–Crippen MR) is 52.7 cm³/mol. The maximum absolute atomic E-state index is 11.8. The van der Waals surface area contributed by atoms with Crippen LogP contribution in [-0.4, -0.2) is 42.6 Å². The number of fused-ring (bicyclic) bond motifs is 2. The molecule has 4 nitrogen and oxygen atoms in total. The number of hydrogen-bond donors (Lipinski definition) is 1. The first-order valence-corrected chi connectivity index (χ1v) is 5.35. The van der Waals surface area contributed by atoms with E-state index in [0.29, 0.717) is 6.54 Å². The van der Waals surface area contributed by atoms with E-state index < -0.39 is 0 Å². The van der Waals surface area contributed by atoms with Crippen molar-refractivity contribution in [2.45, 2.75) is 32.0 Å². The van der Waals surface area contributed by atoms with E-state index in [4.69, 9.17) is 10.5 Å². The lowest BCUT2D eigenvalue weighted by atomic mass is 10.1. The molecule has 0 aromatic carbocycles. The molecular weight excluding hydrogens is 180 g/mol. The Kier molecular flexibility index (Phi) is 2.74. The quantitative estimate of drug-likeness (QED) is 0.678. The molecule has 0 aliphatic carbocycles. The Morgan fingerprint density at radius 2 is 2.07 bits per heavy atom. The van der Waals surface area contributed by atoms with Crippen LogP contribution >= 0.6 is 0 Å². The Morgan fingerprint density at radius 3 is 2.57 bits per heavy atom. The summed E-state index contributed by atoms with van der Waals surface area (Å²) in [7, 11) is 0. The van der Waals surface area contributed by atoms with Crippen molar-refractivity contribution < 1.29 is 9.53 Å². The number of rotatable bonds is 2. The van der Waals surface area contributed by atoms with Crippen molar-refractivity contribution in [1.29, 1.82) is 0 Å². The number of carbonyl (C=O) groups excluding carboxylic acids is 1. The lowest BCUT2D eigenvalue weighted by Crippen LogP contribution is -2.48. The van der Waals surface area contributed by atoms with Gasteiger partial charge in [0.25, 0.3) is 0 Å². The highest BCUT2D eigenvalue weighted by Crippen LogP contribution is 2.26. The standard InChI is InChI=1S/C10H18N2O2/c1-7(4-11)10(13)12-5-8-2-3-9(6-12)14-8/h7-9H,2-6,11H2,1H3. The van der Waals surface area contributed by atoms with Crippen LogP contribution in [0.4, 0.5) is 0 Å². The van der Waals surface area contributed by atoms with Crippen molar-refractivity contribution in [1.82, 2.24) is 4.90 Å². The number of ether oxygens (including phenoxy) is 1. The fraction of sp³-hybridized carbons (Fsp3) is 0.900. The van der Waals surface area contributed by atoms with Gasteiger partial charge in [-0.05, 0) is 12.8 Å². The molecular formula is C10H18N2O2. The van der Waals surface area contributed by atoms with Gasteiger partial charge in [0.05, 0.1) is 12.2 Å². The van der Waals surface area contributed by atoms with Crippen LogP contribution in [0.25, 0.3) is 0 Å². The average molecular weight is 198 g/mol. The molecule has 0 radical (unpaired) electrons. The molecule has 2 aliphatic rings. The maximum Gasteiger partial charge on any atom is 0.226 e. The molecule has 2 fully saturated rings. The molecule has 0 saturated carbocycles. The van der Waals surface area contributed by atoms with Gasteiger partial charge in [-0.1, -0.05) is 6.92 Å². The average Bonchev–Trinajstić information content (AvgIpc) is 2.55. The van der Waals surface area contributed by atoms with Crippen LogP contribution in [0.1, 0.15) is 19.8 Å². The minimum Gasteiger partial charge on any atom is -0.371 e. The van der Waals surface area contributed by atoms with Gasteiger partial charge in [-0.3, -0.25) is 4.79 Å². The molecule has 0 spiro atoms. The molecule has 2 rings (SSSR count). The fourth-order valence-corrected chi connectivity index (χ4v) is 2.21. The zero-order chi connectivity index (χ0) is 10.1. The summed E-state index contributed by atoms with van der Waals surface area (Å²) in [6.07, 6.45) is 2.77. The van der Waals surface area contributed by atoms with E-state index in [1.807, 2.05) is 11.8 Å². The highest BCUT2D eigenvalue weighted by molar-refractivity contribution is 5.78. The van der Waals surface area contributed by atoms with E-state index in [1.165, 1.54) is 0 Å². The summed E-state index contributed by atoms with van der Waals surface area (Å²) in [5.74, 6) is 0.139. The van der Waals surface area contributed by atoms with Crippen LogP contribution in [-0.2, 0) is 9.53 Å². The van der Waals surface area contributed by atoms with E-state index in [2.05, 4.69) is 0 Å². The summed E-state index contributed by atoms with van der Waals surface area (Å²) in [4.78, 5) is 13.8. The fourth-order valence-electron chi connectivity index (χ4n) is 2.21. The minimum absolute atomic E-state index is 0.0486. The van der Waals surface area contributed by atoms with Crippen LogP contribution in [0.2, 0.25) is 0 Å². The predicted octanol–water partition coefficient (Wildman–Crippen LogP) is -0.0290. The molecule has 2 bridgehead atoms. The summed E-state index contributed by atoms with van der Waals surface area (Å²) in [5, 5.41) is 0. The van der Waals surface area contributed by atoms with Gasteiger partial charge < -0.3 is 15.4 Å². The lowest BCUT2D eigenvalue weighted by Gasteiger charge is -2.33. The zero-order valence-corrected chi connectivity index (χ0v) is 8.61. The zero-order valence-electron chi connectivity index (χ0n) is 8.61. The summed E-state index contributed by atoms with van der Waals surface area (Å²) < 4.78 is 5.67. The molecule has 4 heteroatoms. The molecule has 14 heavy (non-hydrogen) atoms. The SMILES string of the molecule is CC(CN)C(=O)N1CC2CCC(C1)O2. The normalized spacial score (nSPS) is 33.1. The first-order valence-electron chi connectivity index (χ1n) is 5.35. The van der Waals surface area contributed by atoms with Crippen molar-refractivity contribution in [3.8, 4) is 0 Å². The van der Waals surface area contributed by atoms with E-state index in [0.717, 1.165) is 25.9 Å². The lowest BCUT2D eigenvalue weighted by molar-refractivity contribution is -0.143. The molecule has 80 valence electrons. The summed E-state index contributed by atoms with van der Waals surface area (Å²) in [6.45, 7) is 3.85. The molecule has 2 N–H and O–H groups in total. The second-order valence-electron chi connectivity index (χ2n) is 4.34. The van der Waals surface area contributed by atoms with Crippen LogP contribution in [0.5, 0.6) is 0 Å². The number of nitrogens with zero attached hydrogens (tertiary/aromatic N) is 1. The van der Waals surface area contributed by atoms with Gasteiger partial charge >= 0.3 is 0 Å². The van der Waals surface area contributed by atoms with Crippen LogP contribution in [0.3, 0.4) is 0 Å². The smallest absolute Gasteiger partial charge is 0.226 e. The van der Waals surface area contributed by atoms with Crippen molar-refractivity contribution in [2.24, 2.45) is 11.7 Å². The monoisotopic (exact) mass is 198 g/mol. The molecule has 3 atom stereocenters. The largest absolute Gasteiger partial charge is 0.371 e. The third-order valence-electron chi connectivity index (χ3n) is 3.13. The van der Waals surface area contributed by atoms with E-state index in [9.17, 15) is 4.79 Å². The van der Waals surface area contributed by atoms with Crippen molar-refractivity contribution in [3.05, 3.63) is 0 Å². The minimum atomic E-state index is -0.0486. The molecule has 1 amide bonds. The molecule has 2 heterocycles. The molecule has 2 aliphatic heterocycles. The Balaban J connectivity index is 1.95. The summed E-state index contributed by atoms with van der Waals surface area (Å²) in [5.41, 5.74) is 5.49. The molecule has 2 saturated heterocycles. The van der Waals surface area contributed by atoms with E-state index in [1.54, 1.807) is 0 Å². The maximum atomic E-state index is 11.8. The van der Waals surface area contributed by atoms with Crippen LogP contribution in [0, 0.1) is 5.92 Å². The Bertz CT molecular complexity index is 220. The molecule has 3 unspecified atom stereocenters. The Hall–Kier alpha value is -0.610. The van der Waals surface area contributed by atoms with Crippen LogP contribution in [0.15, 0.2) is 0 Å². The van der Waals surface area contributed by atoms with Crippen molar-refractivity contribution in [2.75, 3.05) is 19.6 Å². The Labute approximate surface area is 84.4 Å². The summed E-state index contributed by atoms with van der Waals surface area (Å²) in [6, 6.07) is 0. The molecule has 0 aromatic heterocycles. The molecule has 0 aromatic rings. The van der Waals surface area contributed by atoms with E-state index >= 15 is 0 Å². The number of nitrogens with two attached hydrogens (primary N) is 1. The van der Waals surface area contributed by atoms with Gasteiger partial charge in [0.2, 0.25) is 5.91 Å². The van der Waals surface area contributed by atoms with Crippen LogP contribution < -0.4 is 5.73 Å². The van der Waals surface area contributed by atoms with E-state index in [-0.39, 0.29) is 24.0 Å². The highest BCUT2D eigenvalue weighted by Gasteiger charge is 2.36. The van der Waals surface area contributed by atoms with Crippen molar-refractivity contribution >= 4 is 5.91 Å². The number of morpholine rings is 1. The van der Waals surface area contributed by atoms with Crippen molar-refractivity contribution in [3.63, 3.8) is 0 Å². The van der Waals surface area contributed by atoms with Gasteiger partial charge in [0.1, 0.15) is 0 Å². The number of hydrogen-bond acceptors (Lipinski definition) is 3. The van der Waals surface area contributed by atoms with Gasteiger partial charge in [-0.25, -0.2) is 0 Å². The third kappa shape index (κ3) is 1.77. The highest BCUT2D eigenvalue weighted by atomic mass is 16.5. The number of likely N-dealkylation sites (tertiary alicyclic amines) is 1. The second kappa shape index (κ2) is 3.87. The van der Waals surface area contributed by atoms with Gasteiger partial charge in [0.15, 0.2) is 0 Å². The van der Waals surface area contributed by atoms with Gasteiger partial charge in [-0.15, -0.1) is 0 Å².